The van der Waals surface area contributed by atoms with E-state index in [4.69, 9.17) is 44.3 Å². The molecule has 0 aliphatic carbocycles. The summed E-state index contributed by atoms with van der Waals surface area (Å²) in [6.45, 7) is -0.371. The van der Waals surface area contributed by atoms with Crippen molar-refractivity contribution in [3.05, 3.63) is 24.3 Å². The lowest BCUT2D eigenvalue weighted by atomic mass is 10.4. The highest BCUT2D eigenvalue weighted by Crippen LogP contribution is 2.25. The monoisotopic (exact) mass is 386 g/mol. The second-order valence-electron chi connectivity index (χ2n) is 5.19. The smallest absolute Gasteiger partial charge is 0.140 e. The predicted octanol–water partition coefficient (Wildman–Crippen LogP) is 5.54. The van der Waals surface area contributed by atoms with Gasteiger partial charge in [0.15, 0.2) is 0 Å². The van der Waals surface area contributed by atoms with Crippen molar-refractivity contribution in [1.82, 2.24) is 0 Å². The van der Waals surface area contributed by atoms with E-state index in [2.05, 4.69) is 13.8 Å². The van der Waals surface area contributed by atoms with Crippen LogP contribution in [0.2, 0.25) is 12.1 Å². The van der Waals surface area contributed by atoms with Crippen LogP contribution >= 0.6 is 44.3 Å². The molecule has 0 spiro atoms. The van der Waals surface area contributed by atoms with E-state index in [1.165, 1.54) is 0 Å². The van der Waals surface area contributed by atoms with Crippen molar-refractivity contribution in [2.45, 2.75) is 51.6 Å². The Morgan fingerprint density at radius 1 is 0.700 bits per heavy atom. The van der Waals surface area contributed by atoms with Crippen molar-refractivity contribution >= 4 is 68.1 Å². The third-order valence-corrected chi connectivity index (χ3v) is 12.6. The summed E-state index contributed by atoms with van der Waals surface area (Å²) in [5.74, 6) is 0. The van der Waals surface area contributed by atoms with E-state index in [1.807, 2.05) is 24.3 Å². The first-order chi connectivity index (χ1) is 9.33. The maximum Gasteiger partial charge on any atom is 0.280 e. The van der Waals surface area contributed by atoms with Crippen molar-refractivity contribution in [1.29, 1.82) is 0 Å². The summed E-state index contributed by atoms with van der Waals surface area (Å²) >= 11 is 26.2. The van der Waals surface area contributed by atoms with Gasteiger partial charge in [0.05, 0.1) is 0 Å². The van der Waals surface area contributed by atoms with E-state index in [9.17, 15) is 0 Å². The third kappa shape index (κ3) is 5.54. The molecule has 0 nitrogen and oxygen atoms in total. The fourth-order valence-electron chi connectivity index (χ4n) is 2.04. The second-order valence-corrected chi connectivity index (χ2v) is 19.1. The van der Waals surface area contributed by atoms with E-state index in [0.29, 0.717) is 0 Å². The van der Waals surface area contributed by atoms with Gasteiger partial charge in [0, 0.05) is 0 Å². The SMILES string of the molecule is CCCC[Si](Cl)(Cl)c1ccc([Si](Cl)(Cl)CCCC)cc1. The molecule has 0 aromatic heterocycles. The Hall–Kier alpha value is 0.814. The Labute approximate surface area is 143 Å². The van der Waals surface area contributed by atoms with Crippen LogP contribution in [0.5, 0.6) is 0 Å². The van der Waals surface area contributed by atoms with Gasteiger partial charge in [-0.1, -0.05) is 63.8 Å². The lowest BCUT2D eigenvalue weighted by Gasteiger charge is -2.20. The summed E-state index contributed by atoms with van der Waals surface area (Å²) in [7, 11) is 0. The van der Waals surface area contributed by atoms with Crippen LogP contribution < -0.4 is 10.4 Å². The fourth-order valence-corrected chi connectivity index (χ4v) is 8.64. The highest BCUT2D eigenvalue weighted by Gasteiger charge is 2.33. The zero-order chi connectivity index (χ0) is 15.2. The minimum absolute atomic E-state index is 0.895. The average molecular weight is 388 g/mol. The zero-order valence-electron chi connectivity index (χ0n) is 12.1. The fraction of sp³-hybridized carbons (Fsp3) is 0.571. The Balaban J connectivity index is 2.82. The summed E-state index contributed by atoms with van der Waals surface area (Å²) in [6.07, 6.45) is 4.37. The first kappa shape index (κ1) is 18.9. The minimum atomic E-state index is -2.33. The number of hydrogen-bond donors (Lipinski definition) is 0. The lowest BCUT2D eigenvalue weighted by molar-refractivity contribution is 0.878. The van der Waals surface area contributed by atoms with Crippen LogP contribution in [0.3, 0.4) is 0 Å². The molecular formula is C14H22Cl4Si2. The Bertz CT molecular complexity index is 365. The van der Waals surface area contributed by atoms with Gasteiger partial charge in [-0.2, -0.15) is 0 Å². The quantitative estimate of drug-likeness (QED) is 0.405. The van der Waals surface area contributed by atoms with E-state index in [0.717, 1.165) is 48.1 Å². The molecule has 0 radical (unpaired) electrons. The largest absolute Gasteiger partial charge is 0.280 e. The van der Waals surface area contributed by atoms with E-state index < -0.39 is 13.4 Å². The number of benzene rings is 1. The molecule has 114 valence electrons. The molecule has 0 bridgehead atoms. The third-order valence-electron chi connectivity index (χ3n) is 3.42. The maximum absolute atomic E-state index is 6.54. The van der Waals surface area contributed by atoms with Crippen molar-refractivity contribution in [2.75, 3.05) is 0 Å². The number of unbranched alkanes of at least 4 members (excludes halogenated alkanes) is 2. The van der Waals surface area contributed by atoms with Crippen LogP contribution in [0, 0.1) is 0 Å². The molecule has 0 heterocycles. The molecule has 1 aromatic carbocycles. The van der Waals surface area contributed by atoms with Crippen LogP contribution in [0.4, 0.5) is 0 Å². The lowest BCUT2D eigenvalue weighted by Crippen LogP contribution is -2.40. The van der Waals surface area contributed by atoms with Gasteiger partial charge in [-0.3, -0.25) is 0 Å². The van der Waals surface area contributed by atoms with E-state index >= 15 is 0 Å². The molecule has 0 atom stereocenters. The molecule has 0 unspecified atom stereocenters. The summed E-state index contributed by atoms with van der Waals surface area (Å²) in [5, 5.41) is 2.12. The first-order valence-corrected chi connectivity index (χ1v) is 15.7. The minimum Gasteiger partial charge on any atom is -0.140 e. The van der Waals surface area contributed by atoms with Crippen LogP contribution in [0.1, 0.15) is 39.5 Å². The first-order valence-electron chi connectivity index (χ1n) is 7.20. The summed E-state index contributed by atoms with van der Waals surface area (Å²) < 4.78 is 0. The molecular weight excluding hydrogens is 366 g/mol. The molecule has 0 saturated carbocycles. The van der Waals surface area contributed by atoms with Gasteiger partial charge >= 0.3 is 0 Å². The van der Waals surface area contributed by atoms with Crippen molar-refractivity contribution in [3.63, 3.8) is 0 Å². The van der Waals surface area contributed by atoms with Gasteiger partial charge in [-0.05, 0) is 22.5 Å². The molecule has 6 heteroatoms. The predicted molar refractivity (Wildman–Crippen MR) is 100 cm³/mol. The molecule has 0 aliphatic rings. The van der Waals surface area contributed by atoms with Crippen LogP contribution in [0.25, 0.3) is 0 Å². The zero-order valence-corrected chi connectivity index (χ0v) is 17.1. The van der Waals surface area contributed by atoms with Gasteiger partial charge in [-0.25, -0.2) is 0 Å². The number of rotatable bonds is 8. The Kier molecular flexibility index (Phi) is 7.97. The van der Waals surface area contributed by atoms with Crippen LogP contribution in [-0.2, 0) is 0 Å². The Morgan fingerprint density at radius 3 is 1.25 bits per heavy atom. The van der Waals surface area contributed by atoms with Gasteiger partial charge in [0.25, 0.3) is 13.4 Å². The highest BCUT2D eigenvalue weighted by molar-refractivity contribution is 7.51. The summed E-state index contributed by atoms with van der Waals surface area (Å²) in [4.78, 5) is 0. The van der Waals surface area contributed by atoms with Crippen molar-refractivity contribution in [3.8, 4) is 0 Å². The molecule has 0 aliphatic heterocycles. The maximum atomic E-state index is 6.54. The molecule has 1 aromatic rings. The molecule has 20 heavy (non-hydrogen) atoms. The normalized spacial score (nSPS) is 12.7. The van der Waals surface area contributed by atoms with E-state index in [1.54, 1.807) is 0 Å². The van der Waals surface area contributed by atoms with Crippen LogP contribution in [-0.4, -0.2) is 13.4 Å². The molecule has 0 N–H and O–H groups in total. The number of halogens is 4. The van der Waals surface area contributed by atoms with Crippen molar-refractivity contribution in [2.24, 2.45) is 0 Å². The Morgan fingerprint density at radius 2 is 1.00 bits per heavy atom. The van der Waals surface area contributed by atoms with Gasteiger partial charge in [0.2, 0.25) is 0 Å². The second kappa shape index (κ2) is 8.45. The van der Waals surface area contributed by atoms with Crippen molar-refractivity contribution < 1.29 is 0 Å². The van der Waals surface area contributed by atoms with Gasteiger partial charge in [-0.15, -0.1) is 44.3 Å². The highest BCUT2D eigenvalue weighted by atomic mass is 35.7. The molecule has 0 saturated heterocycles. The number of hydrogen-bond acceptors (Lipinski definition) is 0. The molecule has 0 amide bonds. The summed E-state index contributed by atoms with van der Waals surface area (Å²) in [6, 6.07) is 9.88. The van der Waals surface area contributed by atoms with E-state index in [-0.39, 0.29) is 0 Å². The molecule has 0 fully saturated rings. The van der Waals surface area contributed by atoms with Crippen LogP contribution in [0.15, 0.2) is 24.3 Å². The standard InChI is InChI=1S/C14H22Cl4Si2/c1-3-5-11-19(15,16)13-7-9-14(10-8-13)20(17,18)12-6-4-2/h7-10H,3-6,11-12H2,1-2H3. The molecule has 1 rings (SSSR count). The van der Waals surface area contributed by atoms with Gasteiger partial charge in [0.1, 0.15) is 0 Å². The summed E-state index contributed by atoms with van der Waals surface area (Å²) in [5.41, 5.74) is 0. The topological polar surface area (TPSA) is 0 Å². The van der Waals surface area contributed by atoms with Gasteiger partial charge < -0.3 is 0 Å². The average Bonchev–Trinajstić information content (AvgIpc) is 2.43.